The minimum Gasteiger partial charge on any atom is -0.452 e. The number of sulfonamides is 1. The van der Waals surface area contributed by atoms with Crippen molar-refractivity contribution in [1.29, 1.82) is 0 Å². The third-order valence-electron chi connectivity index (χ3n) is 5.46. The van der Waals surface area contributed by atoms with E-state index in [1.807, 2.05) is 18.2 Å². The molecule has 0 saturated carbocycles. The molecular weight excluding hydrogens is 440 g/mol. The summed E-state index contributed by atoms with van der Waals surface area (Å²) in [5, 5.41) is 0.0460. The number of fused-ring (bicyclic) bond motifs is 1. The van der Waals surface area contributed by atoms with Gasteiger partial charge >= 0.3 is 5.97 Å². The molecule has 1 unspecified atom stereocenters. The molecule has 0 heterocycles. The Bertz CT molecular complexity index is 1100. The summed E-state index contributed by atoms with van der Waals surface area (Å²) in [6.07, 6.45) is 2.79. The Morgan fingerprint density at radius 2 is 1.84 bits per heavy atom. The van der Waals surface area contributed by atoms with Crippen molar-refractivity contribution in [2.24, 2.45) is 0 Å². The lowest BCUT2D eigenvalue weighted by molar-refractivity contribution is -0.135. The van der Waals surface area contributed by atoms with Crippen LogP contribution < -0.4 is 0 Å². The molecule has 3 rings (SSSR count). The maximum absolute atomic E-state index is 12.7. The van der Waals surface area contributed by atoms with E-state index >= 15 is 0 Å². The second-order valence-corrected chi connectivity index (χ2v) is 10.2. The number of carbonyl (C=O) groups excluding carboxylic acids is 2. The summed E-state index contributed by atoms with van der Waals surface area (Å²) in [5.74, 6) is -1.20. The van der Waals surface area contributed by atoms with Crippen LogP contribution in [0.2, 0.25) is 5.02 Å². The largest absolute Gasteiger partial charge is 0.452 e. The van der Waals surface area contributed by atoms with Gasteiger partial charge in [-0.15, -0.1) is 0 Å². The van der Waals surface area contributed by atoms with Crippen molar-refractivity contribution in [2.75, 3.05) is 27.7 Å². The number of carbonyl (C=O) groups is 2. The average molecular weight is 465 g/mol. The van der Waals surface area contributed by atoms with Gasteiger partial charge in [-0.2, -0.15) is 0 Å². The molecule has 0 saturated heterocycles. The molecule has 2 aromatic carbocycles. The maximum atomic E-state index is 12.7. The third kappa shape index (κ3) is 4.92. The number of rotatable bonds is 6. The quantitative estimate of drug-likeness (QED) is 0.612. The first-order valence-corrected chi connectivity index (χ1v) is 11.7. The number of nitrogens with zero attached hydrogens (tertiary/aromatic N) is 2. The van der Waals surface area contributed by atoms with E-state index in [2.05, 4.69) is 6.07 Å². The molecule has 1 atom stereocenters. The number of amides is 1. The highest BCUT2D eigenvalue weighted by atomic mass is 35.5. The fraction of sp³-hybridized carbons (Fsp3) is 0.364. The normalized spacial score (nSPS) is 16.0. The highest BCUT2D eigenvalue weighted by Crippen LogP contribution is 2.33. The van der Waals surface area contributed by atoms with Gasteiger partial charge in [0.1, 0.15) is 0 Å². The summed E-state index contributed by atoms with van der Waals surface area (Å²) in [4.78, 5) is 26.7. The highest BCUT2D eigenvalue weighted by Gasteiger charge is 2.27. The predicted molar refractivity (Wildman–Crippen MR) is 117 cm³/mol. The standard InChI is InChI=1S/C22H25ClN2O5S/c1-24(2)31(28,29)16-11-12-19(23)18(13-16)22(27)30-14-21(26)25(3)20-10-6-8-15-7-4-5-9-17(15)20/h4-5,7,9,11-13,20H,6,8,10,14H2,1-3H3. The van der Waals surface area contributed by atoms with E-state index in [1.54, 1.807) is 11.9 Å². The second-order valence-electron chi connectivity index (χ2n) is 7.62. The summed E-state index contributed by atoms with van der Waals surface area (Å²) in [6.45, 7) is -0.463. The first-order chi connectivity index (χ1) is 14.6. The second kappa shape index (κ2) is 9.38. The van der Waals surface area contributed by atoms with Crippen LogP contribution in [0.25, 0.3) is 0 Å². The van der Waals surface area contributed by atoms with E-state index < -0.39 is 22.6 Å². The number of esters is 1. The van der Waals surface area contributed by atoms with Crippen molar-refractivity contribution in [2.45, 2.75) is 30.2 Å². The monoisotopic (exact) mass is 464 g/mol. The van der Waals surface area contributed by atoms with E-state index in [1.165, 1.54) is 31.8 Å². The van der Waals surface area contributed by atoms with Gasteiger partial charge in [0.15, 0.2) is 6.61 Å². The summed E-state index contributed by atoms with van der Waals surface area (Å²) in [7, 11) is 0.727. The van der Waals surface area contributed by atoms with E-state index in [0.717, 1.165) is 35.2 Å². The Labute approximate surface area is 187 Å². The molecule has 2 aromatic rings. The van der Waals surface area contributed by atoms with Gasteiger partial charge in [-0.3, -0.25) is 4.79 Å². The van der Waals surface area contributed by atoms with Crippen molar-refractivity contribution < 1.29 is 22.7 Å². The Morgan fingerprint density at radius 3 is 2.55 bits per heavy atom. The summed E-state index contributed by atoms with van der Waals surface area (Å²) in [5.41, 5.74) is 2.23. The average Bonchev–Trinajstić information content (AvgIpc) is 2.76. The Hall–Kier alpha value is -2.42. The van der Waals surface area contributed by atoms with Crippen LogP contribution in [0.3, 0.4) is 0 Å². The molecule has 0 spiro atoms. The molecule has 1 amide bonds. The zero-order chi connectivity index (χ0) is 22.8. The van der Waals surface area contributed by atoms with Gasteiger partial charge in [-0.25, -0.2) is 17.5 Å². The van der Waals surface area contributed by atoms with Gasteiger partial charge in [0.05, 0.1) is 21.5 Å². The fourth-order valence-corrected chi connectivity index (χ4v) is 4.77. The van der Waals surface area contributed by atoms with Crippen LogP contribution in [0.5, 0.6) is 0 Å². The molecule has 7 nitrogen and oxygen atoms in total. The Kier molecular flexibility index (Phi) is 7.03. The van der Waals surface area contributed by atoms with Gasteiger partial charge in [0.25, 0.3) is 5.91 Å². The van der Waals surface area contributed by atoms with Crippen molar-refractivity contribution in [1.82, 2.24) is 9.21 Å². The minimum absolute atomic E-state index is 0.0460. The van der Waals surface area contributed by atoms with Gasteiger partial charge in [-0.1, -0.05) is 35.9 Å². The maximum Gasteiger partial charge on any atom is 0.340 e. The van der Waals surface area contributed by atoms with Crippen molar-refractivity contribution in [3.05, 3.63) is 64.2 Å². The molecule has 9 heteroatoms. The molecule has 166 valence electrons. The SMILES string of the molecule is CN(C(=O)COC(=O)c1cc(S(=O)(=O)N(C)C)ccc1Cl)C1CCCc2ccccc21. The summed E-state index contributed by atoms with van der Waals surface area (Å²) >= 11 is 6.07. The first kappa shape index (κ1) is 23.2. The van der Waals surface area contributed by atoms with E-state index in [0.29, 0.717) is 0 Å². The third-order valence-corrected chi connectivity index (χ3v) is 7.60. The van der Waals surface area contributed by atoms with Crippen LogP contribution in [0.1, 0.15) is 40.4 Å². The number of aryl methyl sites for hydroxylation is 1. The fourth-order valence-electron chi connectivity index (χ4n) is 3.64. The van der Waals surface area contributed by atoms with E-state index in [4.69, 9.17) is 16.3 Å². The highest BCUT2D eigenvalue weighted by molar-refractivity contribution is 7.89. The number of likely N-dealkylation sites (N-methyl/N-ethyl adjacent to an activating group) is 1. The number of benzene rings is 2. The molecule has 0 aliphatic heterocycles. The van der Waals surface area contributed by atoms with E-state index in [9.17, 15) is 18.0 Å². The molecule has 0 fully saturated rings. The Balaban J connectivity index is 1.71. The molecule has 31 heavy (non-hydrogen) atoms. The van der Waals surface area contributed by atoms with Crippen LogP contribution in [0.15, 0.2) is 47.4 Å². The van der Waals surface area contributed by atoms with Gasteiger partial charge < -0.3 is 9.64 Å². The molecule has 1 aliphatic rings. The lowest BCUT2D eigenvalue weighted by Crippen LogP contribution is -2.36. The van der Waals surface area contributed by atoms with Crippen molar-refractivity contribution in [3.63, 3.8) is 0 Å². The van der Waals surface area contributed by atoms with Crippen molar-refractivity contribution in [3.8, 4) is 0 Å². The zero-order valence-corrected chi connectivity index (χ0v) is 19.2. The molecule has 0 N–H and O–H groups in total. The van der Waals surface area contributed by atoms with Crippen LogP contribution in [-0.2, 0) is 26.0 Å². The number of halogens is 1. The molecular formula is C22H25ClN2O5S. The van der Waals surface area contributed by atoms with Crippen LogP contribution in [0, 0.1) is 0 Å². The number of hydrogen-bond acceptors (Lipinski definition) is 5. The van der Waals surface area contributed by atoms with Crippen LogP contribution in [0.4, 0.5) is 0 Å². The smallest absolute Gasteiger partial charge is 0.340 e. The lowest BCUT2D eigenvalue weighted by Gasteiger charge is -2.33. The molecule has 0 bridgehead atoms. The Morgan fingerprint density at radius 1 is 1.13 bits per heavy atom. The predicted octanol–water partition coefficient (Wildman–Crippen LogP) is 3.28. The summed E-state index contributed by atoms with van der Waals surface area (Å²) < 4.78 is 30.8. The van der Waals surface area contributed by atoms with Gasteiger partial charge in [0, 0.05) is 21.1 Å². The topological polar surface area (TPSA) is 84.0 Å². The number of ether oxygens (including phenoxy) is 1. The number of hydrogen-bond donors (Lipinski definition) is 0. The van der Waals surface area contributed by atoms with Gasteiger partial charge in [-0.05, 0) is 48.6 Å². The van der Waals surface area contributed by atoms with Crippen LogP contribution >= 0.6 is 11.6 Å². The molecule has 0 radical (unpaired) electrons. The minimum atomic E-state index is -3.75. The molecule has 1 aliphatic carbocycles. The van der Waals surface area contributed by atoms with Crippen molar-refractivity contribution >= 4 is 33.5 Å². The van der Waals surface area contributed by atoms with Crippen LogP contribution in [-0.4, -0.2) is 57.2 Å². The van der Waals surface area contributed by atoms with E-state index in [-0.39, 0.29) is 27.4 Å². The molecule has 0 aromatic heterocycles. The first-order valence-electron chi connectivity index (χ1n) is 9.85. The lowest BCUT2D eigenvalue weighted by atomic mass is 9.87. The van der Waals surface area contributed by atoms with Gasteiger partial charge in [0.2, 0.25) is 10.0 Å². The zero-order valence-electron chi connectivity index (χ0n) is 17.7. The summed E-state index contributed by atoms with van der Waals surface area (Å²) in [6, 6.07) is 11.7.